The second-order valence-corrected chi connectivity index (χ2v) is 8.84. The number of aromatic nitrogens is 1. The standard InChI is InChI=1S/C13H15F3N2O3S2/c1-8(12(19)18-10-4-5-23(20,21)7-10)22-11-3-2-9(6-17-11)13(14,15)16/h2-3,6,8,10H,4-5,7H2,1H3,(H,18,19). The van der Waals surface area contributed by atoms with E-state index in [9.17, 15) is 26.4 Å². The monoisotopic (exact) mass is 368 g/mol. The minimum absolute atomic E-state index is 0.0555. The Morgan fingerprint density at radius 2 is 2.13 bits per heavy atom. The number of pyridine rings is 1. The van der Waals surface area contributed by atoms with Crippen molar-refractivity contribution < 1.29 is 26.4 Å². The van der Waals surface area contributed by atoms with Gasteiger partial charge in [0.05, 0.1) is 27.3 Å². The Bertz CT molecular complexity index is 675. The van der Waals surface area contributed by atoms with E-state index in [0.29, 0.717) is 11.4 Å². The smallest absolute Gasteiger partial charge is 0.351 e. The molecule has 0 aromatic carbocycles. The summed E-state index contributed by atoms with van der Waals surface area (Å²) in [7, 11) is -3.08. The van der Waals surface area contributed by atoms with E-state index >= 15 is 0 Å². The molecule has 1 aliphatic heterocycles. The van der Waals surface area contributed by atoms with Gasteiger partial charge in [-0.1, -0.05) is 11.8 Å². The van der Waals surface area contributed by atoms with Crippen LogP contribution in [0.2, 0.25) is 0 Å². The molecule has 1 aromatic rings. The zero-order valence-electron chi connectivity index (χ0n) is 12.1. The van der Waals surface area contributed by atoms with E-state index in [0.717, 1.165) is 24.0 Å². The van der Waals surface area contributed by atoms with Crippen molar-refractivity contribution in [3.05, 3.63) is 23.9 Å². The van der Waals surface area contributed by atoms with Crippen LogP contribution in [0.1, 0.15) is 18.9 Å². The number of alkyl halides is 3. The maximum Gasteiger partial charge on any atom is 0.417 e. The molecular weight excluding hydrogens is 353 g/mol. The van der Waals surface area contributed by atoms with Gasteiger partial charge < -0.3 is 5.32 Å². The van der Waals surface area contributed by atoms with Gasteiger partial charge in [-0.3, -0.25) is 4.79 Å². The molecule has 0 saturated carbocycles. The number of carbonyl (C=O) groups is 1. The van der Waals surface area contributed by atoms with Crippen molar-refractivity contribution in [2.45, 2.75) is 35.8 Å². The number of thioether (sulfide) groups is 1. The molecule has 128 valence electrons. The third-order valence-electron chi connectivity index (χ3n) is 3.31. The first-order valence-corrected chi connectivity index (χ1v) is 9.47. The Balaban J connectivity index is 1.91. The lowest BCUT2D eigenvalue weighted by Crippen LogP contribution is -2.39. The van der Waals surface area contributed by atoms with Crippen molar-refractivity contribution in [2.24, 2.45) is 0 Å². The molecule has 0 radical (unpaired) electrons. The molecule has 10 heteroatoms. The first-order chi connectivity index (χ1) is 10.6. The van der Waals surface area contributed by atoms with Crippen molar-refractivity contribution >= 4 is 27.5 Å². The maximum atomic E-state index is 12.4. The van der Waals surface area contributed by atoms with Crippen molar-refractivity contribution in [3.8, 4) is 0 Å². The quantitative estimate of drug-likeness (QED) is 0.822. The zero-order valence-corrected chi connectivity index (χ0v) is 13.8. The van der Waals surface area contributed by atoms with Gasteiger partial charge in [-0.15, -0.1) is 0 Å². The molecule has 1 amide bonds. The first kappa shape index (κ1) is 18.1. The summed E-state index contributed by atoms with van der Waals surface area (Å²) in [6.45, 7) is 1.59. The molecule has 23 heavy (non-hydrogen) atoms. The van der Waals surface area contributed by atoms with Crippen LogP contribution in [0.15, 0.2) is 23.4 Å². The van der Waals surface area contributed by atoms with Crippen LogP contribution >= 0.6 is 11.8 Å². The number of amides is 1. The number of rotatable bonds is 4. The van der Waals surface area contributed by atoms with Gasteiger partial charge in [0.1, 0.15) is 0 Å². The Hall–Kier alpha value is -1.29. The molecule has 2 heterocycles. The summed E-state index contributed by atoms with van der Waals surface area (Å²) in [5.41, 5.74) is -0.852. The molecule has 0 bridgehead atoms. The second-order valence-electron chi connectivity index (χ2n) is 5.25. The number of halogens is 3. The summed E-state index contributed by atoms with van der Waals surface area (Å²) in [5.74, 6) is -0.381. The van der Waals surface area contributed by atoms with Crippen LogP contribution in [0.5, 0.6) is 0 Å². The van der Waals surface area contributed by atoms with Crippen LogP contribution in [-0.4, -0.2) is 42.1 Å². The predicted octanol–water partition coefficient (Wildman–Crippen LogP) is 1.88. The largest absolute Gasteiger partial charge is 0.417 e. The van der Waals surface area contributed by atoms with Gasteiger partial charge in [0.15, 0.2) is 9.84 Å². The molecule has 0 spiro atoms. The van der Waals surface area contributed by atoms with Crippen molar-refractivity contribution in [3.63, 3.8) is 0 Å². The number of nitrogens with one attached hydrogen (secondary N) is 1. The fraction of sp³-hybridized carbons (Fsp3) is 0.538. The Kier molecular flexibility index (Phi) is 5.24. The van der Waals surface area contributed by atoms with Crippen molar-refractivity contribution in [1.82, 2.24) is 10.3 Å². The van der Waals surface area contributed by atoms with Gasteiger partial charge in [-0.2, -0.15) is 13.2 Å². The van der Waals surface area contributed by atoms with E-state index in [1.165, 1.54) is 6.07 Å². The molecule has 1 saturated heterocycles. The summed E-state index contributed by atoms with van der Waals surface area (Å²) in [4.78, 5) is 15.7. The number of nitrogens with zero attached hydrogens (tertiary/aromatic N) is 1. The lowest BCUT2D eigenvalue weighted by atomic mass is 10.2. The SMILES string of the molecule is CC(Sc1ccc(C(F)(F)F)cn1)C(=O)NC1CCS(=O)(=O)C1. The highest BCUT2D eigenvalue weighted by Crippen LogP contribution is 2.30. The van der Waals surface area contributed by atoms with Gasteiger partial charge >= 0.3 is 6.18 Å². The Labute approximate surface area is 136 Å². The van der Waals surface area contributed by atoms with E-state index in [4.69, 9.17) is 0 Å². The van der Waals surface area contributed by atoms with Crippen LogP contribution < -0.4 is 5.32 Å². The average molecular weight is 368 g/mol. The van der Waals surface area contributed by atoms with Gasteiger partial charge in [0.2, 0.25) is 5.91 Å². The average Bonchev–Trinajstić information content (AvgIpc) is 2.77. The van der Waals surface area contributed by atoms with E-state index in [1.54, 1.807) is 6.92 Å². The van der Waals surface area contributed by atoms with E-state index in [-0.39, 0.29) is 17.4 Å². The number of hydrogen-bond acceptors (Lipinski definition) is 5. The van der Waals surface area contributed by atoms with E-state index in [2.05, 4.69) is 10.3 Å². The molecule has 2 atom stereocenters. The third-order valence-corrected chi connectivity index (χ3v) is 6.13. The number of hydrogen-bond donors (Lipinski definition) is 1. The summed E-state index contributed by atoms with van der Waals surface area (Å²) < 4.78 is 60.0. The fourth-order valence-corrected chi connectivity index (χ4v) is 4.55. The zero-order chi connectivity index (χ0) is 17.3. The second kappa shape index (κ2) is 6.68. The molecule has 1 fully saturated rings. The van der Waals surface area contributed by atoms with Gasteiger partial charge in [0.25, 0.3) is 0 Å². The number of sulfone groups is 1. The van der Waals surface area contributed by atoms with E-state index < -0.39 is 32.9 Å². The van der Waals surface area contributed by atoms with E-state index in [1.807, 2.05) is 0 Å². The van der Waals surface area contributed by atoms with Crippen molar-refractivity contribution in [2.75, 3.05) is 11.5 Å². The molecule has 5 nitrogen and oxygen atoms in total. The third kappa shape index (κ3) is 5.10. The van der Waals surface area contributed by atoms with Gasteiger partial charge in [-0.05, 0) is 25.5 Å². The normalized spacial score (nSPS) is 21.8. The van der Waals surface area contributed by atoms with Crippen LogP contribution in [0.25, 0.3) is 0 Å². The van der Waals surface area contributed by atoms with Crippen LogP contribution in [-0.2, 0) is 20.8 Å². The topological polar surface area (TPSA) is 76.1 Å². The predicted molar refractivity (Wildman–Crippen MR) is 79.8 cm³/mol. The van der Waals surface area contributed by atoms with Crippen LogP contribution in [0.3, 0.4) is 0 Å². The Morgan fingerprint density at radius 3 is 2.61 bits per heavy atom. The van der Waals surface area contributed by atoms with Crippen LogP contribution in [0, 0.1) is 0 Å². The summed E-state index contributed by atoms with van der Waals surface area (Å²) >= 11 is 1.01. The Morgan fingerprint density at radius 1 is 1.43 bits per heavy atom. The van der Waals surface area contributed by atoms with Crippen LogP contribution in [0.4, 0.5) is 13.2 Å². The maximum absolute atomic E-state index is 12.4. The lowest BCUT2D eigenvalue weighted by Gasteiger charge is -2.15. The first-order valence-electron chi connectivity index (χ1n) is 6.77. The highest BCUT2D eigenvalue weighted by molar-refractivity contribution is 8.00. The minimum Gasteiger partial charge on any atom is -0.351 e. The highest BCUT2D eigenvalue weighted by Gasteiger charge is 2.32. The molecule has 0 aliphatic carbocycles. The summed E-state index contributed by atoms with van der Waals surface area (Å²) in [6, 6.07) is 1.71. The molecule has 1 aliphatic rings. The molecular formula is C13H15F3N2O3S2. The van der Waals surface area contributed by atoms with Gasteiger partial charge in [0, 0.05) is 12.2 Å². The lowest BCUT2D eigenvalue weighted by molar-refractivity contribution is -0.137. The summed E-state index contributed by atoms with van der Waals surface area (Å²) in [5, 5.41) is 2.34. The number of carbonyl (C=O) groups excluding carboxylic acids is 1. The highest BCUT2D eigenvalue weighted by atomic mass is 32.2. The minimum atomic E-state index is -4.45. The molecule has 2 rings (SSSR count). The van der Waals surface area contributed by atoms with Crippen molar-refractivity contribution in [1.29, 1.82) is 0 Å². The summed E-state index contributed by atoms with van der Waals surface area (Å²) in [6.07, 6.45) is -3.35. The van der Waals surface area contributed by atoms with Gasteiger partial charge in [-0.25, -0.2) is 13.4 Å². The fourth-order valence-electron chi connectivity index (χ4n) is 2.08. The molecule has 1 aromatic heterocycles. The molecule has 1 N–H and O–H groups in total. The molecule has 2 unspecified atom stereocenters.